The average Bonchev–Trinajstić information content (AvgIpc) is 2.46. The van der Waals surface area contributed by atoms with Crippen molar-refractivity contribution in [3.8, 4) is 0 Å². The van der Waals surface area contributed by atoms with Crippen LogP contribution in [0.1, 0.15) is 37.7 Å². The van der Waals surface area contributed by atoms with Gasteiger partial charge in [0.05, 0.1) is 5.60 Å². The van der Waals surface area contributed by atoms with Crippen molar-refractivity contribution in [2.75, 3.05) is 6.61 Å². The molecular weight excluding hydrogens is 274 g/mol. The number of hydrazine groups is 1. The van der Waals surface area contributed by atoms with E-state index in [1.165, 1.54) is 24.6 Å². The second-order valence-electron chi connectivity index (χ2n) is 6.32. The first-order valence-electron chi connectivity index (χ1n) is 7.66. The van der Waals surface area contributed by atoms with Crippen LogP contribution in [0.3, 0.4) is 0 Å². The van der Waals surface area contributed by atoms with Crippen molar-refractivity contribution in [3.63, 3.8) is 0 Å². The Bertz CT molecular complexity index is 485. The molecule has 0 radical (unpaired) electrons. The summed E-state index contributed by atoms with van der Waals surface area (Å²) in [6, 6.07) is 3.85. The molecule has 21 heavy (non-hydrogen) atoms. The maximum absolute atomic E-state index is 13.8. The minimum absolute atomic E-state index is 0.00575. The quantitative estimate of drug-likeness (QED) is 0.663. The monoisotopic (exact) mass is 296 g/mol. The summed E-state index contributed by atoms with van der Waals surface area (Å²) in [5.41, 5.74) is 2.90. The molecule has 1 saturated carbocycles. The van der Waals surface area contributed by atoms with Crippen LogP contribution in [-0.2, 0) is 11.2 Å². The summed E-state index contributed by atoms with van der Waals surface area (Å²) in [6.45, 7) is 0.711. The Balaban J connectivity index is 1.73. The molecule has 1 aromatic rings. The molecule has 2 unspecified atom stereocenters. The lowest BCUT2D eigenvalue weighted by Gasteiger charge is -2.48. The molecule has 1 aliphatic heterocycles. The predicted molar refractivity (Wildman–Crippen MR) is 76.4 cm³/mol. The summed E-state index contributed by atoms with van der Waals surface area (Å²) < 4.78 is 33.5. The van der Waals surface area contributed by atoms with Crippen LogP contribution in [-0.4, -0.2) is 18.2 Å². The number of hydrogen-bond donors (Lipinski definition) is 2. The topological polar surface area (TPSA) is 47.3 Å². The van der Waals surface area contributed by atoms with Gasteiger partial charge in [-0.1, -0.05) is 6.07 Å². The lowest BCUT2D eigenvalue weighted by Crippen LogP contribution is -2.52. The van der Waals surface area contributed by atoms with Gasteiger partial charge in [0.1, 0.15) is 11.6 Å². The minimum atomic E-state index is -0.499. The smallest absolute Gasteiger partial charge is 0.129 e. The van der Waals surface area contributed by atoms with E-state index in [-0.39, 0.29) is 23.6 Å². The van der Waals surface area contributed by atoms with Gasteiger partial charge in [-0.2, -0.15) is 0 Å². The zero-order valence-electron chi connectivity index (χ0n) is 12.1. The van der Waals surface area contributed by atoms with Gasteiger partial charge in [-0.05, 0) is 56.6 Å². The van der Waals surface area contributed by atoms with Gasteiger partial charge in [0, 0.05) is 18.2 Å². The van der Waals surface area contributed by atoms with E-state index in [1.807, 2.05) is 0 Å². The van der Waals surface area contributed by atoms with E-state index in [0.29, 0.717) is 12.5 Å². The molecule has 2 atom stereocenters. The normalized spacial score (nSPS) is 25.6. The molecule has 0 bridgehead atoms. The van der Waals surface area contributed by atoms with E-state index >= 15 is 0 Å². The van der Waals surface area contributed by atoms with E-state index < -0.39 is 11.6 Å². The third-order valence-electron chi connectivity index (χ3n) is 5.06. The van der Waals surface area contributed by atoms with Gasteiger partial charge in [-0.3, -0.25) is 11.3 Å². The number of benzene rings is 1. The van der Waals surface area contributed by atoms with Crippen molar-refractivity contribution >= 4 is 0 Å². The highest BCUT2D eigenvalue weighted by Gasteiger charge is 2.44. The summed E-state index contributed by atoms with van der Waals surface area (Å²) >= 11 is 0. The lowest BCUT2D eigenvalue weighted by molar-refractivity contribution is -0.147. The molecule has 1 saturated heterocycles. The van der Waals surface area contributed by atoms with Crippen LogP contribution in [0.5, 0.6) is 0 Å². The van der Waals surface area contributed by atoms with Gasteiger partial charge in [0.25, 0.3) is 0 Å². The molecule has 3 nitrogen and oxygen atoms in total. The third-order valence-corrected chi connectivity index (χ3v) is 5.06. The van der Waals surface area contributed by atoms with Crippen molar-refractivity contribution in [3.05, 3.63) is 35.4 Å². The second-order valence-corrected chi connectivity index (χ2v) is 6.32. The number of hydrogen-bond acceptors (Lipinski definition) is 3. The van der Waals surface area contributed by atoms with Crippen molar-refractivity contribution in [1.29, 1.82) is 0 Å². The van der Waals surface area contributed by atoms with Crippen LogP contribution >= 0.6 is 0 Å². The van der Waals surface area contributed by atoms with Crippen LogP contribution in [0.4, 0.5) is 8.78 Å². The van der Waals surface area contributed by atoms with Crippen molar-refractivity contribution in [2.24, 2.45) is 11.8 Å². The lowest BCUT2D eigenvalue weighted by atomic mass is 9.70. The molecular formula is C16H22F2N2O. The van der Waals surface area contributed by atoms with Crippen LogP contribution < -0.4 is 11.3 Å². The Labute approximate surface area is 123 Å². The summed E-state index contributed by atoms with van der Waals surface area (Å²) in [7, 11) is 0. The SMILES string of the molecule is NNC(Cc1c(F)cccc1F)C1CCOC2(CCC2)C1. The fourth-order valence-corrected chi connectivity index (χ4v) is 3.64. The maximum Gasteiger partial charge on any atom is 0.129 e. The highest BCUT2D eigenvalue weighted by molar-refractivity contribution is 5.21. The number of halogens is 2. The molecule has 0 aromatic heterocycles. The van der Waals surface area contributed by atoms with Gasteiger partial charge >= 0.3 is 0 Å². The summed E-state index contributed by atoms with van der Waals surface area (Å²) in [6.07, 6.45) is 5.47. The van der Waals surface area contributed by atoms with Gasteiger partial charge in [0.15, 0.2) is 0 Å². The van der Waals surface area contributed by atoms with E-state index in [9.17, 15) is 8.78 Å². The number of nitrogens with one attached hydrogen (secondary N) is 1. The molecule has 3 N–H and O–H groups in total. The number of rotatable bonds is 4. The standard InChI is InChI=1S/C16H22F2N2O/c17-13-3-1-4-14(18)12(13)9-15(20-19)11-5-8-21-16(10-11)6-2-7-16/h1,3-4,11,15,20H,2,5-10,19H2. The molecule has 0 amide bonds. The van der Waals surface area contributed by atoms with Crippen LogP contribution in [0.2, 0.25) is 0 Å². The second kappa shape index (κ2) is 5.99. The molecule has 5 heteroatoms. The van der Waals surface area contributed by atoms with Gasteiger partial charge in [0.2, 0.25) is 0 Å². The Morgan fingerprint density at radius 2 is 2.05 bits per heavy atom. The average molecular weight is 296 g/mol. The molecule has 1 aliphatic carbocycles. The first-order chi connectivity index (χ1) is 10.1. The largest absolute Gasteiger partial charge is 0.375 e. The highest BCUT2D eigenvalue weighted by Crippen LogP contribution is 2.45. The third kappa shape index (κ3) is 2.96. The first-order valence-corrected chi connectivity index (χ1v) is 7.66. The van der Waals surface area contributed by atoms with Gasteiger partial charge in [-0.25, -0.2) is 8.78 Å². The molecule has 1 heterocycles. The predicted octanol–water partition coefficient (Wildman–Crippen LogP) is 2.69. The Hall–Kier alpha value is -1.04. The molecule has 116 valence electrons. The van der Waals surface area contributed by atoms with Crippen molar-refractivity contribution < 1.29 is 13.5 Å². The Morgan fingerprint density at radius 3 is 2.62 bits per heavy atom. The van der Waals surface area contributed by atoms with E-state index in [0.717, 1.165) is 25.7 Å². The van der Waals surface area contributed by atoms with Gasteiger partial charge < -0.3 is 4.74 Å². The minimum Gasteiger partial charge on any atom is -0.375 e. The fraction of sp³-hybridized carbons (Fsp3) is 0.625. The van der Waals surface area contributed by atoms with Crippen molar-refractivity contribution in [1.82, 2.24) is 5.43 Å². The van der Waals surface area contributed by atoms with E-state index in [4.69, 9.17) is 10.6 Å². The number of nitrogens with two attached hydrogens (primary N) is 1. The van der Waals surface area contributed by atoms with Crippen molar-refractivity contribution in [2.45, 2.75) is 50.2 Å². The highest BCUT2D eigenvalue weighted by atomic mass is 19.1. The van der Waals surface area contributed by atoms with E-state index in [2.05, 4.69) is 5.43 Å². The summed E-state index contributed by atoms with van der Waals surface area (Å²) in [5, 5.41) is 0. The zero-order chi connectivity index (χ0) is 14.9. The van der Waals surface area contributed by atoms with E-state index in [1.54, 1.807) is 0 Å². The first kappa shape index (κ1) is 14.9. The number of ether oxygens (including phenoxy) is 1. The summed E-state index contributed by atoms with van der Waals surface area (Å²) in [5.74, 6) is 4.96. The zero-order valence-corrected chi connectivity index (χ0v) is 12.1. The molecule has 3 rings (SSSR count). The maximum atomic E-state index is 13.8. The molecule has 2 fully saturated rings. The van der Waals surface area contributed by atoms with Crippen LogP contribution in [0.15, 0.2) is 18.2 Å². The Kier molecular flexibility index (Phi) is 4.24. The fourth-order valence-electron chi connectivity index (χ4n) is 3.64. The van der Waals surface area contributed by atoms with Crippen LogP contribution in [0.25, 0.3) is 0 Å². The Morgan fingerprint density at radius 1 is 1.33 bits per heavy atom. The summed E-state index contributed by atoms with van der Waals surface area (Å²) in [4.78, 5) is 0. The molecule has 1 spiro atoms. The molecule has 2 aliphatic rings. The van der Waals surface area contributed by atoms with Gasteiger partial charge in [-0.15, -0.1) is 0 Å². The molecule has 1 aromatic carbocycles. The van der Waals surface area contributed by atoms with Crippen LogP contribution in [0, 0.1) is 17.6 Å².